The van der Waals surface area contributed by atoms with Crippen LogP contribution in [-0.4, -0.2) is 29.0 Å². The van der Waals surface area contributed by atoms with Gasteiger partial charge in [-0.15, -0.1) is 0 Å². The van der Waals surface area contributed by atoms with Gasteiger partial charge in [-0.1, -0.05) is 24.3 Å². The first-order valence-corrected chi connectivity index (χ1v) is 9.52. The molecule has 0 saturated carbocycles. The molecular weight excluding hydrogens is 348 g/mol. The Labute approximate surface area is 164 Å². The van der Waals surface area contributed by atoms with Gasteiger partial charge in [0.15, 0.2) is 0 Å². The Kier molecular flexibility index (Phi) is 3.64. The lowest BCUT2D eigenvalue weighted by Crippen LogP contribution is -2.61. The molecule has 1 fully saturated rings. The van der Waals surface area contributed by atoms with Gasteiger partial charge in [-0.25, -0.2) is 0 Å². The molecule has 1 saturated heterocycles. The Bertz CT molecular complexity index is 1150. The average molecular weight is 370 g/mol. The molecule has 28 heavy (non-hydrogen) atoms. The quantitative estimate of drug-likeness (QED) is 0.768. The molecule has 140 valence electrons. The lowest BCUT2D eigenvalue weighted by molar-refractivity contribution is -0.125. The number of rotatable bonds is 3. The summed E-state index contributed by atoms with van der Waals surface area (Å²) < 4.78 is 0. The third-order valence-electron chi connectivity index (χ3n) is 5.97. The molecule has 5 rings (SSSR count). The van der Waals surface area contributed by atoms with Gasteiger partial charge in [0.2, 0.25) is 5.91 Å². The van der Waals surface area contributed by atoms with Gasteiger partial charge in [0.05, 0.1) is 24.1 Å². The van der Waals surface area contributed by atoms with E-state index in [1.807, 2.05) is 24.1 Å². The van der Waals surface area contributed by atoms with E-state index in [-0.39, 0.29) is 5.91 Å². The Hall–Kier alpha value is -3.05. The van der Waals surface area contributed by atoms with E-state index in [4.69, 9.17) is 4.98 Å². The maximum absolute atomic E-state index is 13.4. The molecule has 1 N–H and O–H groups in total. The second-order valence-electron chi connectivity index (χ2n) is 7.92. The molecule has 3 aromatic rings. The smallest absolute Gasteiger partial charge is 0.240 e. The van der Waals surface area contributed by atoms with Gasteiger partial charge < -0.3 is 10.2 Å². The van der Waals surface area contributed by atoms with Gasteiger partial charge >= 0.3 is 0 Å². The summed E-state index contributed by atoms with van der Waals surface area (Å²) in [6, 6.07) is 8.34. The number of carbonyl (C=O) groups is 1. The molecule has 2 aromatic heterocycles. The Morgan fingerprint density at radius 3 is 2.82 bits per heavy atom. The van der Waals surface area contributed by atoms with E-state index in [1.54, 1.807) is 12.4 Å². The van der Waals surface area contributed by atoms with Gasteiger partial charge in [-0.3, -0.25) is 14.8 Å². The molecule has 5 nitrogen and oxygen atoms in total. The van der Waals surface area contributed by atoms with Crippen LogP contribution in [0.2, 0.25) is 0 Å². The molecule has 2 aliphatic heterocycles. The zero-order chi connectivity index (χ0) is 19.5. The number of amides is 1. The van der Waals surface area contributed by atoms with Crippen molar-refractivity contribution >= 4 is 27.9 Å². The summed E-state index contributed by atoms with van der Waals surface area (Å²) in [7, 11) is 0. The van der Waals surface area contributed by atoms with Gasteiger partial charge in [0.1, 0.15) is 5.41 Å². The van der Waals surface area contributed by atoms with Crippen molar-refractivity contribution in [3.05, 3.63) is 71.8 Å². The summed E-state index contributed by atoms with van der Waals surface area (Å²) in [4.78, 5) is 24.2. The molecule has 0 bridgehead atoms. The Balaban J connectivity index is 1.63. The number of fused-ring (bicyclic) bond motifs is 3. The Morgan fingerprint density at radius 2 is 2.11 bits per heavy atom. The number of allylic oxidation sites excluding steroid dienone is 1. The molecule has 0 radical (unpaired) electrons. The minimum Gasteiger partial charge on any atom is -0.314 e. The fourth-order valence-corrected chi connectivity index (χ4v) is 4.49. The third-order valence-corrected chi connectivity index (χ3v) is 5.97. The number of nitrogens with zero attached hydrogens (tertiary/aromatic N) is 3. The minimum absolute atomic E-state index is 0.132. The maximum Gasteiger partial charge on any atom is 0.240 e. The zero-order valence-corrected chi connectivity index (χ0v) is 16.1. The monoisotopic (exact) mass is 370 g/mol. The van der Waals surface area contributed by atoms with E-state index in [1.165, 1.54) is 5.56 Å². The van der Waals surface area contributed by atoms with Crippen molar-refractivity contribution in [1.82, 2.24) is 15.3 Å². The topological polar surface area (TPSA) is 58.1 Å². The molecule has 1 aromatic carbocycles. The minimum atomic E-state index is -0.449. The largest absolute Gasteiger partial charge is 0.314 e. The summed E-state index contributed by atoms with van der Waals surface area (Å²) in [5, 5.41) is 5.48. The van der Waals surface area contributed by atoms with E-state index in [9.17, 15) is 4.79 Å². The predicted molar refractivity (Wildman–Crippen MR) is 111 cm³/mol. The summed E-state index contributed by atoms with van der Waals surface area (Å²) in [6.07, 6.45) is 5.46. The van der Waals surface area contributed by atoms with Gasteiger partial charge in [-0.05, 0) is 42.5 Å². The van der Waals surface area contributed by atoms with Crippen LogP contribution in [0.4, 0.5) is 5.69 Å². The lowest BCUT2D eigenvalue weighted by Gasteiger charge is -2.38. The second-order valence-corrected chi connectivity index (χ2v) is 7.92. The summed E-state index contributed by atoms with van der Waals surface area (Å²) >= 11 is 0. The molecule has 4 heterocycles. The highest BCUT2D eigenvalue weighted by atomic mass is 16.2. The lowest BCUT2D eigenvalue weighted by atomic mass is 9.77. The SMILES string of the molecule is C=C(C)c1c(CN2C(=O)C3(CNC3)c3ccncc32)ncc2cc(C)ccc12. The van der Waals surface area contributed by atoms with Crippen LogP contribution < -0.4 is 10.2 Å². The summed E-state index contributed by atoms with van der Waals surface area (Å²) in [5.41, 5.74) is 5.57. The number of benzene rings is 1. The fraction of sp³-hybridized carbons (Fsp3) is 0.261. The maximum atomic E-state index is 13.4. The molecule has 2 aliphatic rings. The molecular formula is C23H22N4O. The molecule has 1 spiro atoms. The average Bonchev–Trinajstić information content (AvgIpc) is 2.90. The van der Waals surface area contributed by atoms with Crippen molar-refractivity contribution in [3.63, 3.8) is 0 Å². The first-order chi connectivity index (χ1) is 13.5. The molecule has 5 heteroatoms. The van der Waals surface area contributed by atoms with Crippen molar-refractivity contribution in [2.75, 3.05) is 18.0 Å². The molecule has 1 amide bonds. The normalized spacial score (nSPS) is 17.1. The number of nitrogens with one attached hydrogen (secondary N) is 1. The van der Waals surface area contributed by atoms with Crippen LogP contribution >= 0.6 is 0 Å². The first kappa shape index (κ1) is 17.1. The molecule has 0 atom stereocenters. The van der Waals surface area contributed by atoms with E-state index < -0.39 is 5.41 Å². The third kappa shape index (κ3) is 2.26. The van der Waals surface area contributed by atoms with Gasteiger partial charge in [0.25, 0.3) is 0 Å². The highest BCUT2D eigenvalue weighted by Crippen LogP contribution is 2.44. The van der Waals surface area contributed by atoms with Crippen molar-refractivity contribution in [2.24, 2.45) is 0 Å². The summed E-state index contributed by atoms with van der Waals surface area (Å²) in [6.45, 7) is 10.0. The zero-order valence-electron chi connectivity index (χ0n) is 16.1. The number of carbonyl (C=O) groups excluding carboxylic acids is 1. The van der Waals surface area contributed by atoms with Crippen LogP contribution in [0.5, 0.6) is 0 Å². The number of anilines is 1. The summed E-state index contributed by atoms with van der Waals surface area (Å²) in [5.74, 6) is 0.132. The second kappa shape index (κ2) is 5.97. The van der Waals surface area contributed by atoms with E-state index >= 15 is 0 Å². The Morgan fingerprint density at radius 1 is 1.29 bits per heavy atom. The molecule has 0 aliphatic carbocycles. The van der Waals surface area contributed by atoms with Crippen LogP contribution in [0.1, 0.15) is 29.3 Å². The fourth-order valence-electron chi connectivity index (χ4n) is 4.49. The number of hydrogen-bond acceptors (Lipinski definition) is 4. The van der Waals surface area contributed by atoms with Crippen molar-refractivity contribution in [2.45, 2.75) is 25.8 Å². The van der Waals surface area contributed by atoms with Gasteiger partial charge in [0, 0.05) is 36.4 Å². The number of hydrogen-bond donors (Lipinski definition) is 1. The van der Waals surface area contributed by atoms with Crippen LogP contribution in [-0.2, 0) is 16.8 Å². The van der Waals surface area contributed by atoms with Crippen molar-refractivity contribution < 1.29 is 4.79 Å². The standard InChI is InChI=1S/C23H22N4O/c1-14(2)21-17-5-4-15(3)8-16(17)9-26-19(21)11-27-20-10-24-7-6-18(20)23(22(27)28)12-25-13-23/h4-10,25H,1,11-13H2,2-3H3. The van der Waals surface area contributed by atoms with Crippen LogP contribution in [0.15, 0.2) is 49.4 Å². The van der Waals surface area contributed by atoms with E-state index in [0.29, 0.717) is 19.6 Å². The molecule has 0 unspecified atom stereocenters. The van der Waals surface area contributed by atoms with Crippen LogP contribution in [0.3, 0.4) is 0 Å². The van der Waals surface area contributed by atoms with Gasteiger partial charge in [-0.2, -0.15) is 0 Å². The number of aromatic nitrogens is 2. The van der Waals surface area contributed by atoms with E-state index in [2.05, 4.69) is 42.0 Å². The van der Waals surface area contributed by atoms with Crippen molar-refractivity contribution in [3.8, 4) is 0 Å². The highest BCUT2D eigenvalue weighted by molar-refractivity contribution is 6.09. The number of pyridine rings is 2. The predicted octanol–water partition coefficient (Wildman–Crippen LogP) is 3.36. The van der Waals surface area contributed by atoms with Crippen LogP contribution in [0, 0.1) is 6.92 Å². The van der Waals surface area contributed by atoms with Crippen LogP contribution in [0.25, 0.3) is 16.3 Å². The van der Waals surface area contributed by atoms with Crippen molar-refractivity contribution in [1.29, 1.82) is 0 Å². The van der Waals surface area contributed by atoms with E-state index in [0.717, 1.165) is 38.9 Å². The first-order valence-electron chi connectivity index (χ1n) is 9.52. The number of aryl methyl sites for hydroxylation is 1. The highest BCUT2D eigenvalue weighted by Gasteiger charge is 2.54.